The van der Waals surface area contributed by atoms with Gasteiger partial charge in [-0.1, -0.05) is 30.7 Å². The lowest BCUT2D eigenvalue weighted by atomic mass is 9.99. The molecule has 0 spiro atoms. The molecular formula is C19H27N3O. The van der Waals surface area contributed by atoms with E-state index in [0.717, 1.165) is 17.9 Å². The number of aliphatic hydroxyl groups is 1. The molecule has 0 amide bonds. The summed E-state index contributed by atoms with van der Waals surface area (Å²) in [5.41, 5.74) is 6.44. The van der Waals surface area contributed by atoms with Crippen LogP contribution in [0.15, 0.2) is 24.3 Å². The second kappa shape index (κ2) is 7.28. The largest absolute Gasteiger partial charge is 0.394 e. The van der Waals surface area contributed by atoms with E-state index in [1.54, 1.807) is 0 Å². The molecule has 2 aromatic rings. The molecule has 1 aliphatic rings. The van der Waals surface area contributed by atoms with Gasteiger partial charge in [0.1, 0.15) is 0 Å². The Kier molecular flexibility index (Phi) is 5.13. The molecule has 4 nitrogen and oxygen atoms in total. The number of aromatic nitrogens is 2. The van der Waals surface area contributed by atoms with E-state index in [2.05, 4.69) is 48.5 Å². The highest BCUT2D eigenvalue weighted by Crippen LogP contribution is 2.29. The first-order valence-electron chi connectivity index (χ1n) is 8.65. The van der Waals surface area contributed by atoms with Crippen LogP contribution in [0.4, 0.5) is 0 Å². The Morgan fingerprint density at radius 2 is 2.09 bits per heavy atom. The first-order valence-corrected chi connectivity index (χ1v) is 8.65. The molecule has 1 aromatic carbocycles. The number of hydrogen-bond acceptors (Lipinski definition) is 3. The van der Waals surface area contributed by atoms with Gasteiger partial charge in [0, 0.05) is 23.8 Å². The van der Waals surface area contributed by atoms with E-state index in [0.29, 0.717) is 12.6 Å². The van der Waals surface area contributed by atoms with Crippen LogP contribution in [0.2, 0.25) is 0 Å². The van der Waals surface area contributed by atoms with E-state index in [1.807, 2.05) is 4.68 Å². The predicted octanol–water partition coefficient (Wildman–Crippen LogP) is 3.05. The van der Waals surface area contributed by atoms with Crippen LogP contribution < -0.4 is 5.32 Å². The van der Waals surface area contributed by atoms with Crippen LogP contribution in [0.5, 0.6) is 0 Å². The second-order valence-electron chi connectivity index (χ2n) is 6.47. The van der Waals surface area contributed by atoms with Crippen LogP contribution in [0, 0.1) is 13.8 Å². The standard InChI is InChI=1S/C19H27N3O/c1-14-18(15(2)22(21-14)11-12-23)13-20-19-10-6-4-8-16-7-3-5-9-17(16)19/h3,5,7,9,19-20,23H,4,6,8,10-13H2,1-2H3/t19-/m1/s1. The average molecular weight is 313 g/mol. The van der Waals surface area contributed by atoms with E-state index in [1.165, 1.54) is 42.4 Å². The van der Waals surface area contributed by atoms with E-state index in [4.69, 9.17) is 5.11 Å². The molecule has 2 N–H and O–H groups in total. The highest BCUT2D eigenvalue weighted by atomic mass is 16.3. The quantitative estimate of drug-likeness (QED) is 0.834. The molecule has 1 aliphatic carbocycles. The fourth-order valence-corrected chi connectivity index (χ4v) is 3.66. The van der Waals surface area contributed by atoms with Crippen molar-refractivity contribution in [2.24, 2.45) is 0 Å². The number of benzene rings is 1. The number of hydrogen-bond donors (Lipinski definition) is 2. The maximum Gasteiger partial charge on any atom is 0.0644 e. The molecule has 0 aliphatic heterocycles. The molecule has 23 heavy (non-hydrogen) atoms. The lowest BCUT2D eigenvalue weighted by molar-refractivity contribution is 0.267. The molecule has 0 saturated heterocycles. The number of nitrogens with zero attached hydrogens (tertiary/aromatic N) is 2. The van der Waals surface area contributed by atoms with Crippen molar-refractivity contribution in [2.45, 2.75) is 58.7 Å². The van der Waals surface area contributed by atoms with Gasteiger partial charge in [0.25, 0.3) is 0 Å². The van der Waals surface area contributed by atoms with E-state index < -0.39 is 0 Å². The van der Waals surface area contributed by atoms with Crippen LogP contribution in [0.1, 0.15) is 53.4 Å². The van der Waals surface area contributed by atoms with Crippen LogP contribution in [0.25, 0.3) is 0 Å². The zero-order valence-corrected chi connectivity index (χ0v) is 14.2. The first-order chi connectivity index (χ1) is 11.2. The molecule has 4 heteroatoms. The number of rotatable bonds is 5. The smallest absolute Gasteiger partial charge is 0.0644 e. The van der Waals surface area contributed by atoms with Crippen molar-refractivity contribution in [3.05, 3.63) is 52.3 Å². The summed E-state index contributed by atoms with van der Waals surface area (Å²) in [5.74, 6) is 0. The fourth-order valence-electron chi connectivity index (χ4n) is 3.66. The van der Waals surface area contributed by atoms with Crippen molar-refractivity contribution >= 4 is 0 Å². The Hall–Kier alpha value is -1.65. The summed E-state index contributed by atoms with van der Waals surface area (Å²) in [6.45, 7) is 5.68. The van der Waals surface area contributed by atoms with Crippen molar-refractivity contribution < 1.29 is 5.11 Å². The van der Waals surface area contributed by atoms with Gasteiger partial charge < -0.3 is 10.4 Å². The normalized spacial score (nSPS) is 17.8. The average Bonchev–Trinajstić information content (AvgIpc) is 2.73. The zero-order valence-electron chi connectivity index (χ0n) is 14.2. The lowest BCUT2D eigenvalue weighted by Crippen LogP contribution is -2.22. The Morgan fingerprint density at radius 1 is 1.26 bits per heavy atom. The fraction of sp³-hybridized carbons (Fsp3) is 0.526. The maximum atomic E-state index is 9.14. The van der Waals surface area contributed by atoms with Crippen molar-refractivity contribution in [1.82, 2.24) is 15.1 Å². The van der Waals surface area contributed by atoms with Gasteiger partial charge >= 0.3 is 0 Å². The van der Waals surface area contributed by atoms with Gasteiger partial charge in [-0.05, 0) is 44.2 Å². The molecule has 0 bridgehead atoms. The summed E-state index contributed by atoms with van der Waals surface area (Å²) < 4.78 is 1.91. The van der Waals surface area contributed by atoms with E-state index >= 15 is 0 Å². The van der Waals surface area contributed by atoms with Crippen LogP contribution in [-0.2, 0) is 19.5 Å². The van der Waals surface area contributed by atoms with Gasteiger partial charge in [0.05, 0.1) is 18.8 Å². The third kappa shape index (κ3) is 3.48. The summed E-state index contributed by atoms with van der Waals surface area (Å²) in [7, 11) is 0. The molecular weight excluding hydrogens is 286 g/mol. The molecule has 1 atom stereocenters. The van der Waals surface area contributed by atoms with Crippen LogP contribution in [-0.4, -0.2) is 21.5 Å². The summed E-state index contributed by atoms with van der Waals surface area (Å²) in [5, 5.41) is 17.4. The van der Waals surface area contributed by atoms with Crippen molar-refractivity contribution in [3.8, 4) is 0 Å². The van der Waals surface area contributed by atoms with Crippen molar-refractivity contribution in [3.63, 3.8) is 0 Å². The molecule has 1 heterocycles. The van der Waals surface area contributed by atoms with Gasteiger partial charge in [0.15, 0.2) is 0 Å². The third-order valence-corrected chi connectivity index (χ3v) is 4.99. The van der Waals surface area contributed by atoms with Crippen LogP contribution >= 0.6 is 0 Å². The lowest BCUT2D eigenvalue weighted by Gasteiger charge is -2.19. The second-order valence-corrected chi connectivity index (χ2v) is 6.47. The van der Waals surface area contributed by atoms with Gasteiger partial charge in [-0.3, -0.25) is 4.68 Å². The van der Waals surface area contributed by atoms with Gasteiger partial charge in [-0.25, -0.2) is 0 Å². The molecule has 124 valence electrons. The highest BCUT2D eigenvalue weighted by molar-refractivity contribution is 5.32. The minimum absolute atomic E-state index is 0.130. The number of fused-ring (bicyclic) bond motifs is 1. The molecule has 0 saturated carbocycles. The Bertz CT molecular complexity index is 663. The summed E-state index contributed by atoms with van der Waals surface area (Å²) in [6.07, 6.45) is 4.94. The molecule has 1 aromatic heterocycles. The summed E-state index contributed by atoms with van der Waals surface area (Å²) in [6, 6.07) is 9.26. The van der Waals surface area contributed by atoms with Gasteiger partial charge in [-0.2, -0.15) is 5.10 Å². The first kappa shape index (κ1) is 16.2. The number of nitrogens with one attached hydrogen (secondary N) is 1. The highest BCUT2D eigenvalue weighted by Gasteiger charge is 2.19. The maximum absolute atomic E-state index is 9.14. The Labute approximate surface area is 138 Å². The SMILES string of the molecule is Cc1nn(CCO)c(C)c1CN[C@@H]1CCCCc2ccccc21. The Balaban J connectivity index is 1.76. The third-order valence-electron chi connectivity index (χ3n) is 4.99. The number of aliphatic hydroxyl groups excluding tert-OH is 1. The summed E-state index contributed by atoms with van der Waals surface area (Å²) in [4.78, 5) is 0. The Morgan fingerprint density at radius 3 is 2.91 bits per heavy atom. The minimum Gasteiger partial charge on any atom is -0.394 e. The van der Waals surface area contributed by atoms with Crippen molar-refractivity contribution in [1.29, 1.82) is 0 Å². The van der Waals surface area contributed by atoms with E-state index in [9.17, 15) is 0 Å². The molecule has 3 rings (SSSR count). The van der Waals surface area contributed by atoms with Crippen LogP contribution in [0.3, 0.4) is 0 Å². The van der Waals surface area contributed by atoms with Crippen molar-refractivity contribution in [2.75, 3.05) is 6.61 Å². The monoisotopic (exact) mass is 313 g/mol. The predicted molar refractivity (Wildman–Crippen MR) is 92.4 cm³/mol. The zero-order chi connectivity index (χ0) is 16.2. The van der Waals surface area contributed by atoms with Gasteiger partial charge in [-0.15, -0.1) is 0 Å². The number of aryl methyl sites for hydroxylation is 2. The topological polar surface area (TPSA) is 50.1 Å². The summed E-state index contributed by atoms with van der Waals surface area (Å²) >= 11 is 0. The molecule has 0 radical (unpaired) electrons. The minimum atomic E-state index is 0.130. The molecule has 0 unspecified atom stereocenters. The molecule has 0 fully saturated rings. The van der Waals surface area contributed by atoms with Gasteiger partial charge in [0.2, 0.25) is 0 Å². The van der Waals surface area contributed by atoms with E-state index in [-0.39, 0.29) is 6.61 Å².